The van der Waals surface area contributed by atoms with Gasteiger partial charge in [0.15, 0.2) is 0 Å². The number of aryl methyl sites for hydroxylation is 1. The zero-order valence-electron chi connectivity index (χ0n) is 19.4. The molecule has 4 N–H and O–H groups in total. The molecule has 0 saturated carbocycles. The molecule has 1 fully saturated rings. The average Bonchev–Trinajstić information content (AvgIpc) is 2.85. The third-order valence-electron chi connectivity index (χ3n) is 6.78. The van der Waals surface area contributed by atoms with Crippen molar-refractivity contribution in [3.63, 3.8) is 0 Å². The molecule has 3 aromatic rings. The van der Waals surface area contributed by atoms with E-state index in [1.54, 1.807) is 12.1 Å². The SMILES string of the molecule is N=C(N)c1cccc(-c2cc3ccccc3n(CCCCCN3CCC(C(=O)O)CC3)c2=O)c1. The lowest BCUT2D eigenvalue weighted by atomic mass is 9.97. The number of hydrogen-bond acceptors (Lipinski definition) is 4. The molecule has 1 aliphatic heterocycles. The number of carbonyl (C=O) groups is 1. The molecule has 0 amide bonds. The summed E-state index contributed by atoms with van der Waals surface area (Å²) in [7, 11) is 0. The monoisotopic (exact) mass is 460 g/mol. The first-order valence-corrected chi connectivity index (χ1v) is 12.0. The number of aliphatic carboxylic acids is 1. The van der Waals surface area contributed by atoms with Crippen molar-refractivity contribution in [3.05, 3.63) is 70.5 Å². The summed E-state index contributed by atoms with van der Waals surface area (Å²) in [6, 6.07) is 17.1. The largest absolute Gasteiger partial charge is 0.481 e. The van der Waals surface area contributed by atoms with Crippen LogP contribution in [-0.4, -0.2) is 46.0 Å². The number of carboxylic acid groups (broad SMARTS) is 1. The Morgan fingerprint density at radius 1 is 1.00 bits per heavy atom. The van der Waals surface area contributed by atoms with Crippen LogP contribution in [0.15, 0.2) is 59.4 Å². The van der Waals surface area contributed by atoms with E-state index in [0.717, 1.165) is 68.2 Å². The first kappa shape index (κ1) is 23.7. The molecular weight excluding hydrogens is 428 g/mol. The van der Waals surface area contributed by atoms with Gasteiger partial charge >= 0.3 is 5.97 Å². The predicted octanol–water partition coefficient (Wildman–Crippen LogP) is 3.92. The van der Waals surface area contributed by atoms with Crippen molar-refractivity contribution >= 4 is 22.7 Å². The third-order valence-corrected chi connectivity index (χ3v) is 6.78. The number of nitrogens with one attached hydrogen (secondary N) is 1. The van der Waals surface area contributed by atoms with Gasteiger partial charge in [0.1, 0.15) is 5.84 Å². The van der Waals surface area contributed by atoms with E-state index in [-0.39, 0.29) is 17.3 Å². The molecule has 1 aliphatic rings. The highest BCUT2D eigenvalue weighted by Gasteiger charge is 2.23. The number of pyridine rings is 1. The van der Waals surface area contributed by atoms with Gasteiger partial charge in [0, 0.05) is 17.7 Å². The van der Waals surface area contributed by atoms with E-state index in [9.17, 15) is 9.59 Å². The van der Waals surface area contributed by atoms with Gasteiger partial charge in [0.05, 0.1) is 11.4 Å². The highest BCUT2D eigenvalue weighted by atomic mass is 16.4. The predicted molar refractivity (Wildman–Crippen MR) is 135 cm³/mol. The van der Waals surface area contributed by atoms with E-state index in [1.807, 2.05) is 47.0 Å². The fourth-order valence-electron chi connectivity index (χ4n) is 4.80. The molecule has 1 saturated heterocycles. The molecule has 1 aromatic heterocycles. The second-order valence-corrected chi connectivity index (χ2v) is 9.08. The third kappa shape index (κ3) is 5.37. The molecular formula is C27H32N4O3. The number of nitrogen functional groups attached to an aromatic ring is 1. The molecule has 2 aromatic carbocycles. The van der Waals surface area contributed by atoms with Crippen molar-refractivity contribution in [2.45, 2.75) is 38.6 Å². The molecule has 0 atom stereocenters. The number of unbranched alkanes of at least 4 members (excludes halogenated alkanes) is 2. The van der Waals surface area contributed by atoms with Crippen LogP contribution in [0.5, 0.6) is 0 Å². The number of rotatable bonds is 9. The van der Waals surface area contributed by atoms with Crippen LogP contribution >= 0.6 is 0 Å². The summed E-state index contributed by atoms with van der Waals surface area (Å²) in [6.45, 7) is 3.31. The van der Waals surface area contributed by atoms with Crippen molar-refractivity contribution in [2.75, 3.05) is 19.6 Å². The summed E-state index contributed by atoms with van der Waals surface area (Å²) in [4.78, 5) is 26.9. The van der Waals surface area contributed by atoms with E-state index in [1.165, 1.54) is 0 Å². The van der Waals surface area contributed by atoms with Gasteiger partial charge in [0.25, 0.3) is 5.56 Å². The summed E-state index contributed by atoms with van der Waals surface area (Å²) >= 11 is 0. The maximum Gasteiger partial charge on any atom is 0.306 e. The summed E-state index contributed by atoms with van der Waals surface area (Å²) < 4.78 is 1.86. The van der Waals surface area contributed by atoms with Gasteiger partial charge in [-0.15, -0.1) is 0 Å². The van der Waals surface area contributed by atoms with Crippen LogP contribution in [0.4, 0.5) is 0 Å². The Kier molecular flexibility index (Phi) is 7.43. The molecule has 2 heterocycles. The minimum atomic E-state index is -0.674. The van der Waals surface area contributed by atoms with Crippen molar-refractivity contribution in [1.82, 2.24) is 9.47 Å². The zero-order chi connectivity index (χ0) is 24.1. The number of nitrogens with zero attached hydrogens (tertiary/aromatic N) is 2. The number of piperidine rings is 1. The number of carboxylic acids is 1. The topological polar surface area (TPSA) is 112 Å². The molecule has 7 heteroatoms. The lowest BCUT2D eigenvalue weighted by Crippen LogP contribution is -2.36. The lowest BCUT2D eigenvalue weighted by molar-refractivity contribution is -0.143. The highest BCUT2D eigenvalue weighted by Crippen LogP contribution is 2.23. The number of nitrogens with two attached hydrogens (primary N) is 1. The van der Waals surface area contributed by atoms with Crippen molar-refractivity contribution in [1.29, 1.82) is 5.41 Å². The minimum absolute atomic E-state index is 0.0184. The first-order chi connectivity index (χ1) is 16.4. The smallest absolute Gasteiger partial charge is 0.306 e. The average molecular weight is 461 g/mol. The number of aromatic nitrogens is 1. The summed E-state index contributed by atoms with van der Waals surface area (Å²) in [5.74, 6) is -0.887. The normalized spacial score (nSPS) is 14.9. The Balaban J connectivity index is 1.45. The molecule has 4 rings (SSSR count). The Labute approximate surface area is 199 Å². The summed E-state index contributed by atoms with van der Waals surface area (Å²) in [6.07, 6.45) is 4.39. The van der Waals surface area contributed by atoms with Gasteiger partial charge in [-0.25, -0.2) is 0 Å². The molecule has 178 valence electrons. The van der Waals surface area contributed by atoms with E-state index in [4.69, 9.17) is 16.2 Å². The Bertz CT molecular complexity index is 1240. The summed E-state index contributed by atoms with van der Waals surface area (Å²) in [5.41, 5.74) is 8.53. The number of para-hydroxylation sites is 1. The highest BCUT2D eigenvalue weighted by molar-refractivity contribution is 5.96. The van der Waals surface area contributed by atoms with E-state index >= 15 is 0 Å². The molecule has 0 unspecified atom stereocenters. The van der Waals surface area contributed by atoms with Gasteiger partial charge in [-0.05, 0) is 74.5 Å². The van der Waals surface area contributed by atoms with Crippen LogP contribution in [-0.2, 0) is 11.3 Å². The first-order valence-electron chi connectivity index (χ1n) is 12.0. The second kappa shape index (κ2) is 10.7. The van der Waals surface area contributed by atoms with Gasteiger partial charge in [-0.2, -0.15) is 0 Å². The quantitative estimate of drug-likeness (QED) is 0.255. The van der Waals surface area contributed by atoms with Crippen LogP contribution in [0.1, 0.15) is 37.7 Å². The van der Waals surface area contributed by atoms with E-state index < -0.39 is 5.97 Å². The molecule has 7 nitrogen and oxygen atoms in total. The molecule has 0 aliphatic carbocycles. The fourth-order valence-corrected chi connectivity index (χ4v) is 4.80. The fraction of sp³-hybridized carbons (Fsp3) is 0.370. The number of hydrogen-bond donors (Lipinski definition) is 3. The number of benzene rings is 2. The number of fused-ring (bicyclic) bond motifs is 1. The van der Waals surface area contributed by atoms with Gasteiger partial charge < -0.3 is 20.3 Å². The Morgan fingerprint density at radius 3 is 2.47 bits per heavy atom. The molecule has 0 spiro atoms. The lowest BCUT2D eigenvalue weighted by Gasteiger charge is -2.29. The van der Waals surface area contributed by atoms with Crippen LogP contribution in [0.2, 0.25) is 0 Å². The molecule has 0 radical (unpaired) electrons. The minimum Gasteiger partial charge on any atom is -0.481 e. The van der Waals surface area contributed by atoms with Crippen LogP contribution < -0.4 is 11.3 Å². The number of amidine groups is 1. The van der Waals surface area contributed by atoms with Gasteiger partial charge in [-0.3, -0.25) is 15.0 Å². The Morgan fingerprint density at radius 2 is 1.74 bits per heavy atom. The summed E-state index contributed by atoms with van der Waals surface area (Å²) in [5, 5.41) is 17.9. The van der Waals surface area contributed by atoms with Gasteiger partial charge in [0.2, 0.25) is 0 Å². The van der Waals surface area contributed by atoms with Crippen LogP contribution in [0, 0.1) is 11.3 Å². The standard InChI is InChI=1S/C27H32N4O3/c28-25(29)22-9-6-8-20(17-22)23-18-21-7-2-3-10-24(21)31(26(23)32)14-5-1-4-13-30-15-11-19(12-16-30)27(33)34/h2-3,6-10,17-19H,1,4-5,11-16H2,(H3,28,29)(H,33,34). The molecule has 34 heavy (non-hydrogen) atoms. The molecule has 0 bridgehead atoms. The zero-order valence-corrected chi connectivity index (χ0v) is 19.4. The van der Waals surface area contributed by atoms with E-state index in [0.29, 0.717) is 17.7 Å². The van der Waals surface area contributed by atoms with Crippen LogP contribution in [0.25, 0.3) is 22.0 Å². The van der Waals surface area contributed by atoms with Gasteiger partial charge in [-0.1, -0.05) is 42.8 Å². The number of likely N-dealkylation sites (tertiary alicyclic amines) is 1. The van der Waals surface area contributed by atoms with Crippen molar-refractivity contribution < 1.29 is 9.90 Å². The Hall–Kier alpha value is -3.45. The maximum atomic E-state index is 13.5. The maximum absolute atomic E-state index is 13.5. The van der Waals surface area contributed by atoms with E-state index in [2.05, 4.69) is 4.90 Å². The van der Waals surface area contributed by atoms with Crippen molar-refractivity contribution in [2.24, 2.45) is 11.7 Å². The van der Waals surface area contributed by atoms with Crippen molar-refractivity contribution in [3.8, 4) is 11.1 Å². The van der Waals surface area contributed by atoms with Crippen LogP contribution in [0.3, 0.4) is 0 Å². The second-order valence-electron chi connectivity index (χ2n) is 9.08.